The Hall–Kier alpha value is -4.44. The molecule has 0 N–H and O–H groups in total. The summed E-state index contributed by atoms with van der Waals surface area (Å²) in [4.78, 5) is 22.5. The van der Waals surface area contributed by atoms with Crippen LogP contribution in [0.2, 0.25) is 0 Å². The van der Waals surface area contributed by atoms with Crippen LogP contribution in [0.25, 0.3) is 10.8 Å². The third-order valence-corrected chi connectivity index (χ3v) is 6.61. The Labute approximate surface area is 224 Å². The summed E-state index contributed by atoms with van der Waals surface area (Å²) in [6.45, 7) is 7.35. The fourth-order valence-electron chi connectivity index (χ4n) is 4.47. The molecule has 0 amide bonds. The van der Waals surface area contributed by atoms with Crippen LogP contribution in [0, 0.1) is 0 Å². The van der Waals surface area contributed by atoms with Crippen LogP contribution in [0.4, 0.5) is 0 Å². The molecule has 0 atom stereocenters. The number of hydrogen-bond acceptors (Lipinski definition) is 4. The van der Waals surface area contributed by atoms with E-state index in [1.165, 1.54) is 45.2 Å². The van der Waals surface area contributed by atoms with Gasteiger partial charge in [0.15, 0.2) is 0 Å². The van der Waals surface area contributed by atoms with E-state index in [-0.39, 0.29) is 13.2 Å². The monoisotopic (exact) mass is 504 g/mol. The molecule has 0 aliphatic heterocycles. The zero-order valence-corrected chi connectivity index (χ0v) is 21.5. The molecule has 4 rings (SSSR count). The summed E-state index contributed by atoms with van der Waals surface area (Å²) < 4.78 is 10.2. The number of aryl methyl sites for hydroxylation is 4. The van der Waals surface area contributed by atoms with Gasteiger partial charge in [-0.3, -0.25) is 0 Å². The summed E-state index contributed by atoms with van der Waals surface area (Å²) in [6, 6.07) is 29.6. The molecule has 0 aliphatic rings. The Kier molecular flexibility index (Phi) is 9.25. The second-order valence-electron chi connectivity index (χ2n) is 9.19. The van der Waals surface area contributed by atoms with Crippen LogP contribution in [0.3, 0.4) is 0 Å². The summed E-state index contributed by atoms with van der Waals surface area (Å²) in [5.41, 5.74) is 7.10. The number of benzene rings is 4. The first-order valence-corrected chi connectivity index (χ1v) is 12.8. The number of hydrogen-bond donors (Lipinski definition) is 0. The van der Waals surface area contributed by atoms with Crippen LogP contribution in [-0.2, 0) is 58.0 Å². The van der Waals surface area contributed by atoms with Gasteiger partial charge in [-0.1, -0.05) is 98.1 Å². The lowest BCUT2D eigenvalue weighted by atomic mass is 9.93. The van der Waals surface area contributed by atoms with E-state index >= 15 is 0 Å². The van der Waals surface area contributed by atoms with Crippen LogP contribution in [0.5, 0.6) is 0 Å². The zero-order valence-electron chi connectivity index (χ0n) is 21.5. The molecule has 4 aromatic carbocycles. The Balaban J connectivity index is 1.37. The fraction of sp³-hybridized carbons (Fsp3) is 0.176. The normalized spacial score (nSPS) is 10.6. The third-order valence-electron chi connectivity index (χ3n) is 6.61. The van der Waals surface area contributed by atoms with Crippen LogP contribution >= 0.6 is 0 Å². The smallest absolute Gasteiger partial charge is 0.330 e. The molecule has 0 fully saturated rings. The van der Waals surface area contributed by atoms with E-state index in [1.54, 1.807) is 0 Å². The first-order chi connectivity index (χ1) is 18.6. The highest BCUT2D eigenvalue weighted by atomic mass is 16.5. The van der Waals surface area contributed by atoms with Gasteiger partial charge in [-0.15, -0.1) is 0 Å². The Morgan fingerprint density at radius 3 is 1.26 bits per heavy atom. The molecular formula is C34H32O4. The van der Waals surface area contributed by atoms with Gasteiger partial charge in [-0.2, -0.15) is 0 Å². The van der Waals surface area contributed by atoms with Crippen molar-refractivity contribution in [2.75, 3.05) is 0 Å². The van der Waals surface area contributed by atoms with Gasteiger partial charge < -0.3 is 9.47 Å². The van der Waals surface area contributed by atoms with Gasteiger partial charge >= 0.3 is 11.9 Å². The molecule has 0 bridgehead atoms. The molecule has 4 nitrogen and oxygen atoms in total. The molecule has 4 aromatic rings. The molecule has 0 heterocycles. The Morgan fingerprint density at radius 1 is 0.526 bits per heavy atom. The zero-order chi connectivity index (χ0) is 26.7. The third kappa shape index (κ3) is 7.30. The minimum absolute atomic E-state index is 0.256. The van der Waals surface area contributed by atoms with Crippen LogP contribution in [-0.4, -0.2) is 11.9 Å². The molecule has 0 saturated heterocycles. The van der Waals surface area contributed by atoms with Crippen molar-refractivity contribution in [2.45, 2.75) is 38.9 Å². The van der Waals surface area contributed by atoms with Crippen molar-refractivity contribution in [1.29, 1.82) is 0 Å². The van der Waals surface area contributed by atoms with Crippen molar-refractivity contribution in [3.8, 4) is 0 Å². The highest BCUT2D eigenvalue weighted by Gasteiger charge is 2.07. The van der Waals surface area contributed by atoms with E-state index in [9.17, 15) is 9.59 Å². The SMILES string of the molecule is C=CC(=O)OCc1ccc(CCc2cccc3c(CCc4ccc(COC(=O)C=C)cc4)cccc23)cc1. The van der Waals surface area contributed by atoms with Crippen LogP contribution in [0.1, 0.15) is 33.4 Å². The van der Waals surface area contributed by atoms with Gasteiger partial charge in [0, 0.05) is 12.2 Å². The molecule has 0 unspecified atom stereocenters. The van der Waals surface area contributed by atoms with E-state index in [2.05, 4.69) is 73.8 Å². The van der Waals surface area contributed by atoms with E-state index in [1.807, 2.05) is 24.3 Å². The molecule has 0 aromatic heterocycles. The van der Waals surface area contributed by atoms with E-state index in [0.29, 0.717) is 0 Å². The second-order valence-corrected chi connectivity index (χ2v) is 9.19. The molecule has 38 heavy (non-hydrogen) atoms. The highest BCUT2D eigenvalue weighted by Crippen LogP contribution is 2.25. The van der Waals surface area contributed by atoms with E-state index < -0.39 is 11.9 Å². The first kappa shape index (κ1) is 26.6. The topological polar surface area (TPSA) is 52.6 Å². The number of rotatable bonds is 12. The maximum Gasteiger partial charge on any atom is 0.330 e. The predicted molar refractivity (Wildman–Crippen MR) is 152 cm³/mol. The van der Waals surface area contributed by atoms with Gasteiger partial charge in [0.1, 0.15) is 13.2 Å². The molecule has 4 heteroatoms. The lowest BCUT2D eigenvalue weighted by Gasteiger charge is -2.12. The first-order valence-electron chi connectivity index (χ1n) is 12.8. The minimum Gasteiger partial charge on any atom is -0.458 e. The van der Waals surface area contributed by atoms with E-state index in [0.717, 1.165) is 36.8 Å². The summed E-state index contributed by atoms with van der Waals surface area (Å²) in [7, 11) is 0. The van der Waals surface area contributed by atoms with Crippen molar-refractivity contribution < 1.29 is 19.1 Å². The number of ether oxygens (including phenoxy) is 2. The van der Waals surface area contributed by atoms with E-state index in [4.69, 9.17) is 9.47 Å². The standard InChI is InChI=1S/C34H32O4/c1-3-33(35)37-23-27-15-11-25(12-16-27)19-21-29-7-5-10-32-30(8-6-9-31(29)32)22-20-26-13-17-28(18-14-26)24-38-34(36)4-2/h3-18H,1-2,19-24H2. The second kappa shape index (κ2) is 13.2. The molecular weight excluding hydrogens is 472 g/mol. The Bertz CT molecular complexity index is 1300. The molecule has 0 saturated carbocycles. The minimum atomic E-state index is -0.411. The highest BCUT2D eigenvalue weighted by molar-refractivity contribution is 5.88. The van der Waals surface area contributed by atoms with Crippen LogP contribution < -0.4 is 0 Å². The molecule has 192 valence electrons. The quantitative estimate of drug-likeness (QED) is 0.156. The maximum atomic E-state index is 11.3. The average Bonchev–Trinajstić information content (AvgIpc) is 2.97. The summed E-state index contributed by atoms with van der Waals surface area (Å²) in [5, 5.41) is 2.61. The van der Waals surface area contributed by atoms with Crippen LogP contribution in [0.15, 0.2) is 110 Å². The van der Waals surface area contributed by atoms with Gasteiger partial charge in [0.05, 0.1) is 0 Å². The number of esters is 2. The van der Waals surface area contributed by atoms with Gasteiger partial charge in [-0.25, -0.2) is 9.59 Å². The lowest BCUT2D eigenvalue weighted by Crippen LogP contribution is -2.00. The largest absolute Gasteiger partial charge is 0.458 e. The molecule has 0 aliphatic carbocycles. The number of carbonyl (C=O) groups excluding carboxylic acids is 2. The van der Waals surface area contributed by atoms with Gasteiger partial charge in [0.2, 0.25) is 0 Å². The van der Waals surface area contributed by atoms with Crippen molar-refractivity contribution in [3.05, 3.63) is 144 Å². The van der Waals surface area contributed by atoms with Crippen molar-refractivity contribution in [3.63, 3.8) is 0 Å². The summed E-state index contributed by atoms with van der Waals surface area (Å²) >= 11 is 0. The maximum absolute atomic E-state index is 11.3. The predicted octanol–water partition coefficient (Wildman–Crippen LogP) is 6.87. The van der Waals surface area contributed by atoms with Crippen molar-refractivity contribution in [2.24, 2.45) is 0 Å². The fourth-order valence-corrected chi connectivity index (χ4v) is 4.47. The van der Waals surface area contributed by atoms with Gasteiger partial charge in [0.25, 0.3) is 0 Å². The molecule has 0 radical (unpaired) electrons. The molecule has 0 spiro atoms. The van der Waals surface area contributed by atoms with Crippen molar-refractivity contribution >= 4 is 22.7 Å². The lowest BCUT2D eigenvalue weighted by molar-refractivity contribution is -0.139. The number of fused-ring (bicyclic) bond motifs is 1. The average molecular weight is 505 g/mol. The summed E-state index contributed by atoms with van der Waals surface area (Å²) in [5.74, 6) is -0.822. The number of carbonyl (C=O) groups is 2. The summed E-state index contributed by atoms with van der Waals surface area (Å²) in [6.07, 6.45) is 6.12. The Morgan fingerprint density at radius 2 is 0.895 bits per heavy atom. The van der Waals surface area contributed by atoms with Gasteiger partial charge in [-0.05, 0) is 69.8 Å². The van der Waals surface area contributed by atoms with Crippen molar-refractivity contribution in [1.82, 2.24) is 0 Å².